The van der Waals surface area contributed by atoms with Crippen LogP contribution in [0.5, 0.6) is 0 Å². The summed E-state index contributed by atoms with van der Waals surface area (Å²) in [7, 11) is 0. The molecule has 1 atom stereocenters. The Kier molecular flexibility index (Phi) is 4.30. The van der Waals surface area contributed by atoms with Gasteiger partial charge in [0.15, 0.2) is 11.5 Å². The molecule has 0 aliphatic heterocycles. The van der Waals surface area contributed by atoms with E-state index in [2.05, 4.69) is 10.8 Å². The zero-order chi connectivity index (χ0) is 12.0. The molecule has 0 saturated carbocycles. The second-order valence-electron chi connectivity index (χ2n) is 3.80. The second-order valence-corrected chi connectivity index (χ2v) is 3.80. The highest BCUT2D eigenvalue weighted by atomic mass is 16.1. The Labute approximate surface area is 96.1 Å². The van der Waals surface area contributed by atoms with E-state index in [1.807, 2.05) is 6.92 Å². The number of ketones is 1. The van der Waals surface area contributed by atoms with E-state index in [0.29, 0.717) is 24.1 Å². The van der Waals surface area contributed by atoms with E-state index in [1.54, 1.807) is 24.3 Å². The predicted molar refractivity (Wildman–Crippen MR) is 64.3 cm³/mol. The van der Waals surface area contributed by atoms with Gasteiger partial charge in [-0.2, -0.15) is 0 Å². The summed E-state index contributed by atoms with van der Waals surface area (Å²) in [6, 6.07) is 6.70. The molecule has 0 heterocycles. The van der Waals surface area contributed by atoms with Gasteiger partial charge in [-0.1, -0.05) is 31.2 Å². The maximum absolute atomic E-state index is 11.8. The van der Waals surface area contributed by atoms with E-state index in [-0.39, 0.29) is 11.7 Å². The van der Waals surface area contributed by atoms with Gasteiger partial charge in [-0.25, -0.2) is 4.85 Å². The Balaban J connectivity index is 2.67. The number of hydrogen-bond donors (Lipinski definition) is 0. The topological polar surface area (TPSA) is 21.4 Å². The number of carbonyl (C=O) groups is 1. The third-order valence-electron chi connectivity index (χ3n) is 2.32. The average molecular weight is 211 g/mol. The van der Waals surface area contributed by atoms with Gasteiger partial charge in [0.05, 0.1) is 6.57 Å². The van der Waals surface area contributed by atoms with Crippen LogP contribution in [0.3, 0.4) is 0 Å². The lowest BCUT2D eigenvalue weighted by Crippen LogP contribution is -2.05. The molecule has 0 aliphatic carbocycles. The summed E-state index contributed by atoms with van der Waals surface area (Å²) in [5, 5.41) is 0. The van der Waals surface area contributed by atoms with Crippen molar-refractivity contribution in [1.82, 2.24) is 0 Å². The zero-order valence-corrected chi connectivity index (χ0v) is 9.23. The monoisotopic (exact) mass is 211 g/mol. The van der Waals surface area contributed by atoms with Gasteiger partial charge in [-0.15, -0.1) is 12.3 Å². The third-order valence-corrected chi connectivity index (χ3v) is 2.32. The van der Waals surface area contributed by atoms with Crippen molar-refractivity contribution < 1.29 is 4.79 Å². The Hall–Kier alpha value is -2.06. The minimum Gasteiger partial charge on any atom is -0.294 e. The van der Waals surface area contributed by atoms with E-state index in [9.17, 15) is 4.79 Å². The standard InChI is InChI=1S/C14H13NO/c1-4-5-11(2)10-14(16)12-6-8-13(15-3)9-7-12/h1,6-9,11H,5,10H2,2H3. The summed E-state index contributed by atoms with van der Waals surface area (Å²) >= 11 is 0. The molecule has 0 aromatic heterocycles. The molecule has 2 heteroatoms. The molecule has 0 saturated heterocycles. The number of benzene rings is 1. The average Bonchev–Trinajstić information content (AvgIpc) is 2.29. The Morgan fingerprint density at radius 3 is 2.62 bits per heavy atom. The van der Waals surface area contributed by atoms with Gasteiger partial charge in [-0.05, 0) is 5.92 Å². The predicted octanol–water partition coefficient (Wildman–Crippen LogP) is 3.47. The van der Waals surface area contributed by atoms with E-state index in [0.717, 1.165) is 0 Å². The zero-order valence-electron chi connectivity index (χ0n) is 9.23. The van der Waals surface area contributed by atoms with Crippen molar-refractivity contribution in [3.63, 3.8) is 0 Å². The first kappa shape index (κ1) is 12.0. The van der Waals surface area contributed by atoms with Gasteiger partial charge in [0.25, 0.3) is 0 Å². The molecule has 0 N–H and O–H groups in total. The van der Waals surface area contributed by atoms with Crippen molar-refractivity contribution in [2.45, 2.75) is 19.8 Å². The van der Waals surface area contributed by atoms with E-state index >= 15 is 0 Å². The third kappa shape index (κ3) is 3.26. The highest BCUT2D eigenvalue weighted by Gasteiger charge is 2.10. The molecule has 0 radical (unpaired) electrons. The summed E-state index contributed by atoms with van der Waals surface area (Å²) in [6.45, 7) is 8.77. The smallest absolute Gasteiger partial charge is 0.187 e. The fourth-order valence-electron chi connectivity index (χ4n) is 1.43. The van der Waals surface area contributed by atoms with E-state index in [1.165, 1.54) is 0 Å². The first-order chi connectivity index (χ1) is 7.67. The lowest BCUT2D eigenvalue weighted by Gasteiger charge is -2.06. The van der Waals surface area contributed by atoms with Crippen LogP contribution in [0.25, 0.3) is 4.85 Å². The molecule has 1 unspecified atom stereocenters. The minimum absolute atomic E-state index is 0.0827. The Bertz CT molecular complexity index is 445. The molecule has 16 heavy (non-hydrogen) atoms. The fraction of sp³-hybridized carbons (Fsp3) is 0.286. The van der Waals surface area contributed by atoms with Crippen molar-refractivity contribution in [3.05, 3.63) is 41.2 Å². The SMILES string of the molecule is [C-]#[N+]c1ccc(C(=O)CC(C)CC#C)cc1. The molecular formula is C14H13NO. The quantitative estimate of drug-likeness (QED) is 0.424. The van der Waals surface area contributed by atoms with Crippen molar-refractivity contribution in [1.29, 1.82) is 0 Å². The molecule has 0 fully saturated rings. The van der Waals surface area contributed by atoms with Crippen molar-refractivity contribution in [2.24, 2.45) is 5.92 Å². The van der Waals surface area contributed by atoms with Crippen LogP contribution in [0.1, 0.15) is 30.1 Å². The van der Waals surface area contributed by atoms with Gasteiger partial charge in [0, 0.05) is 18.4 Å². The van der Waals surface area contributed by atoms with Crippen LogP contribution >= 0.6 is 0 Å². The number of terminal acetylenes is 1. The van der Waals surface area contributed by atoms with Crippen molar-refractivity contribution in [2.75, 3.05) is 0 Å². The molecule has 0 spiro atoms. The van der Waals surface area contributed by atoms with E-state index < -0.39 is 0 Å². The van der Waals surface area contributed by atoms with Crippen LogP contribution in [0.2, 0.25) is 0 Å². The summed E-state index contributed by atoms with van der Waals surface area (Å²) in [5.74, 6) is 2.84. The van der Waals surface area contributed by atoms with Gasteiger partial charge in [-0.3, -0.25) is 4.79 Å². The molecule has 1 rings (SSSR count). The maximum Gasteiger partial charge on any atom is 0.187 e. The van der Waals surface area contributed by atoms with Crippen LogP contribution < -0.4 is 0 Å². The van der Waals surface area contributed by atoms with Gasteiger partial charge >= 0.3 is 0 Å². The maximum atomic E-state index is 11.8. The molecule has 0 amide bonds. The van der Waals surface area contributed by atoms with Crippen LogP contribution in [0, 0.1) is 24.8 Å². The van der Waals surface area contributed by atoms with Crippen LogP contribution in [-0.4, -0.2) is 5.78 Å². The van der Waals surface area contributed by atoms with Crippen LogP contribution in [0.4, 0.5) is 5.69 Å². The molecule has 2 nitrogen and oxygen atoms in total. The first-order valence-electron chi connectivity index (χ1n) is 5.11. The van der Waals surface area contributed by atoms with Gasteiger partial charge in [0.2, 0.25) is 0 Å². The molecule has 80 valence electrons. The molecule has 1 aromatic carbocycles. The molecule has 1 aromatic rings. The summed E-state index contributed by atoms with van der Waals surface area (Å²) < 4.78 is 0. The van der Waals surface area contributed by atoms with E-state index in [4.69, 9.17) is 13.0 Å². The highest BCUT2D eigenvalue weighted by Crippen LogP contribution is 2.16. The highest BCUT2D eigenvalue weighted by molar-refractivity contribution is 5.96. The van der Waals surface area contributed by atoms with Crippen LogP contribution in [0.15, 0.2) is 24.3 Å². The number of Topliss-reactive ketones (excluding diaryl/α,β-unsaturated/α-hetero) is 1. The number of hydrogen-bond acceptors (Lipinski definition) is 1. The number of rotatable bonds is 4. The summed E-state index contributed by atoms with van der Waals surface area (Å²) in [6.07, 6.45) is 6.26. The van der Waals surface area contributed by atoms with Gasteiger partial charge < -0.3 is 0 Å². The van der Waals surface area contributed by atoms with Gasteiger partial charge in [0.1, 0.15) is 0 Å². The summed E-state index contributed by atoms with van der Waals surface area (Å²) in [4.78, 5) is 15.1. The fourth-order valence-corrected chi connectivity index (χ4v) is 1.43. The van der Waals surface area contributed by atoms with Crippen molar-refractivity contribution >= 4 is 11.5 Å². The number of nitrogens with zero attached hydrogens (tertiary/aromatic N) is 1. The summed E-state index contributed by atoms with van der Waals surface area (Å²) in [5.41, 5.74) is 1.20. The lowest BCUT2D eigenvalue weighted by molar-refractivity contribution is 0.0965. The molecular weight excluding hydrogens is 198 g/mol. The lowest BCUT2D eigenvalue weighted by atomic mass is 9.97. The Morgan fingerprint density at radius 1 is 1.50 bits per heavy atom. The second kappa shape index (κ2) is 5.73. The molecule has 0 aliphatic rings. The largest absolute Gasteiger partial charge is 0.294 e. The first-order valence-corrected chi connectivity index (χ1v) is 5.11. The van der Waals surface area contributed by atoms with Crippen molar-refractivity contribution in [3.8, 4) is 12.3 Å². The minimum atomic E-state index is 0.0827. The van der Waals surface area contributed by atoms with Crippen LogP contribution in [-0.2, 0) is 0 Å². The molecule has 0 bridgehead atoms. The number of carbonyl (C=O) groups excluding carboxylic acids is 1. The normalized spacial score (nSPS) is 11.2. The Morgan fingerprint density at radius 2 is 2.12 bits per heavy atom.